The van der Waals surface area contributed by atoms with E-state index in [0.29, 0.717) is 6.61 Å². The van der Waals surface area contributed by atoms with Crippen molar-refractivity contribution in [3.05, 3.63) is 42.1 Å². The number of para-hydroxylation sites is 1. The van der Waals surface area contributed by atoms with E-state index in [9.17, 15) is 4.79 Å². The van der Waals surface area contributed by atoms with Gasteiger partial charge in [-0.05, 0) is 44.5 Å². The second-order valence-electron chi connectivity index (χ2n) is 5.06. The third-order valence-corrected chi connectivity index (χ3v) is 3.65. The van der Waals surface area contributed by atoms with Gasteiger partial charge in [0.05, 0.1) is 6.61 Å². The average Bonchev–Trinajstić information content (AvgIpc) is 2.56. The number of rotatable bonds is 7. The Kier molecular flexibility index (Phi) is 5.57. The maximum atomic E-state index is 11.7. The Morgan fingerprint density at radius 1 is 1.17 bits per heavy atom. The monoisotopic (exact) mass is 313 g/mol. The standard InChI is InChI=1S/C18H23N3O2/c1-4-21(5-2)17-12-13(11-15(20-17)18(19)22)14-9-7-8-10-16(14)23-6-3/h7-12H,4-6H2,1-3H3,(H2,19,22). The first kappa shape index (κ1) is 16.8. The van der Waals surface area contributed by atoms with Crippen LogP contribution in [-0.2, 0) is 0 Å². The molecule has 2 N–H and O–H groups in total. The van der Waals surface area contributed by atoms with Gasteiger partial charge in [-0.3, -0.25) is 4.79 Å². The fourth-order valence-corrected chi connectivity index (χ4v) is 2.49. The number of carbonyl (C=O) groups excluding carboxylic acids is 1. The number of nitrogens with zero attached hydrogens (tertiary/aromatic N) is 2. The van der Waals surface area contributed by atoms with Gasteiger partial charge >= 0.3 is 0 Å². The Balaban J connectivity index is 2.60. The van der Waals surface area contributed by atoms with Gasteiger partial charge < -0.3 is 15.4 Å². The largest absolute Gasteiger partial charge is 0.493 e. The molecule has 0 atom stereocenters. The molecule has 5 heteroatoms. The van der Waals surface area contributed by atoms with Crippen LogP contribution >= 0.6 is 0 Å². The predicted octanol–water partition coefficient (Wildman–Crippen LogP) is 3.09. The van der Waals surface area contributed by atoms with Crippen LogP contribution in [0.15, 0.2) is 36.4 Å². The SMILES string of the molecule is CCOc1ccccc1-c1cc(C(N)=O)nc(N(CC)CC)c1. The first-order chi connectivity index (χ1) is 11.1. The number of aromatic nitrogens is 1. The van der Waals surface area contributed by atoms with Crippen LogP contribution in [-0.4, -0.2) is 30.6 Å². The maximum Gasteiger partial charge on any atom is 0.267 e. The highest BCUT2D eigenvalue weighted by atomic mass is 16.5. The second kappa shape index (κ2) is 7.63. The molecule has 5 nitrogen and oxygen atoms in total. The van der Waals surface area contributed by atoms with Gasteiger partial charge in [0.2, 0.25) is 0 Å². The number of primary amides is 1. The topological polar surface area (TPSA) is 68.5 Å². The van der Waals surface area contributed by atoms with Crippen molar-refractivity contribution >= 4 is 11.7 Å². The van der Waals surface area contributed by atoms with Crippen LogP contribution in [0.1, 0.15) is 31.3 Å². The van der Waals surface area contributed by atoms with Gasteiger partial charge in [-0.15, -0.1) is 0 Å². The van der Waals surface area contributed by atoms with Gasteiger partial charge in [0.1, 0.15) is 17.3 Å². The lowest BCUT2D eigenvalue weighted by atomic mass is 10.0. The number of pyridine rings is 1. The van der Waals surface area contributed by atoms with Gasteiger partial charge in [-0.25, -0.2) is 4.98 Å². The Bertz CT molecular complexity index is 682. The summed E-state index contributed by atoms with van der Waals surface area (Å²) in [6.45, 7) is 8.23. The molecular formula is C18H23N3O2. The molecule has 0 saturated carbocycles. The highest BCUT2D eigenvalue weighted by Crippen LogP contribution is 2.32. The second-order valence-corrected chi connectivity index (χ2v) is 5.06. The van der Waals surface area contributed by atoms with Crippen molar-refractivity contribution in [1.82, 2.24) is 4.98 Å². The maximum absolute atomic E-state index is 11.7. The van der Waals surface area contributed by atoms with E-state index in [0.717, 1.165) is 35.8 Å². The quantitative estimate of drug-likeness (QED) is 0.853. The van der Waals surface area contributed by atoms with Crippen LogP contribution in [0.2, 0.25) is 0 Å². The number of carbonyl (C=O) groups is 1. The van der Waals surface area contributed by atoms with Gasteiger partial charge in [0.15, 0.2) is 0 Å². The fourth-order valence-electron chi connectivity index (χ4n) is 2.49. The van der Waals surface area contributed by atoms with Crippen molar-refractivity contribution in [2.75, 3.05) is 24.6 Å². The summed E-state index contributed by atoms with van der Waals surface area (Å²) in [5, 5.41) is 0. The summed E-state index contributed by atoms with van der Waals surface area (Å²) in [4.78, 5) is 18.1. The molecule has 1 aromatic heterocycles. The first-order valence-corrected chi connectivity index (χ1v) is 7.89. The molecule has 0 radical (unpaired) electrons. The molecule has 0 saturated heterocycles. The molecule has 0 aliphatic carbocycles. The molecule has 23 heavy (non-hydrogen) atoms. The van der Waals surface area contributed by atoms with E-state index in [1.807, 2.05) is 37.3 Å². The first-order valence-electron chi connectivity index (χ1n) is 7.89. The molecule has 122 valence electrons. The van der Waals surface area contributed by atoms with E-state index < -0.39 is 5.91 Å². The van der Waals surface area contributed by atoms with Crippen LogP contribution in [0, 0.1) is 0 Å². The minimum Gasteiger partial charge on any atom is -0.493 e. The van der Waals surface area contributed by atoms with E-state index >= 15 is 0 Å². The van der Waals surface area contributed by atoms with Crippen LogP contribution in [0.3, 0.4) is 0 Å². The van der Waals surface area contributed by atoms with Gasteiger partial charge in [0.25, 0.3) is 5.91 Å². The van der Waals surface area contributed by atoms with E-state index in [-0.39, 0.29) is 5.69 Å². The zero-order valence-electron chi connectivity index (χ0n) is 13.9. The lowest BCUT2D eigenvalue weighted by Crippen LogP contribution is -2.24. The zero-order valence-corrected chi connectivity index (χ0v) is 13.9. The van der Waals surface area contributed by atoms with Gasteiger partial charge in [-0.1, -0.05) is 18.2 Å². The minimum absolute atomic E-state index is 0.260. The van der Waals surface area contributed by atoms with Crippen LogP contribution in [0.4, 0.5) is 5.82 Å². The normalized spacial score (nSPS) is 10.4. The van der Waals surface area contributed by atoms with Crippen LogP contribution in [0.25, 0.3) is 11.1 Å². The highest BCUT2D eigenvalue weighted by Gasteiger charge is 2.14. The van der Waals surface area contributed by atoms with Crippen molar-refractivity contribution in [3.63, 3.8) is 0 Å². The molecule has 0 spiro atoms. The van der Waals surface area contributed by atoms with Crippen LogP contribution < -0.4 is 15.4 Å². The number of hydrogen-bond acceptors (Lipinski definition) is 4. The number of hydrogen-bond donors (Lipinski definition) is 1. The molecule has 0 unspecified atom stereocenters. The number of anilines is 1. The van der Waals surface area contributed by atoms with E-state index in [1.54, 1.807) is 6.07 Å². The Labute approximate surface area is 137 Å². The third-order valence-electron chi connectivity index (χ3n) is 3.65. The van der Waals surface area contributed by atoms with Crippen LogP contribution in [0.5, 0.6) is 5.75 Å². The molecule has 1 aromatic carbocycles. The molecule has 0 aliphatic rings. The number of amides is 1. The molecule has 1 amide bonds. The predicted molar refractivity (Wildman–Crippen MR) is 92.9 cm³/mol. The molecule has 1 heterocycles. The van der Waals surface area contributed by atoms with Crippen molar-refractivity contribution < 1.29 is 9.53 Å². The van der Waals surface area contributed by atoms with Crippen molar-refractivity contribution in [2.24, 2.45) is 5.73 Å². The summed E-state index contributed by atoms with van der Waals surface area (Å²) in [5.74, 6) is 0.990. The summed E-state index contributed by atoms with van der Waals surface area (Å²) in [7, 11) is 0. The summed E-state index contributed by atoms with van der Waals surface area (Å²) in [6.07, 6.45) is 0. The number of nitrogens with two attached hydrogens (primary N) is 1. The molecule has 2 rings (SSSR count). The number of ether oxygens (including phenoxy) is 1. The fraction of sp³-hybridized carbons (Fsp3) is 0.333. The summed E-state index contributed by atoms with van der Waals surface area (Å²) in [5.41, 5.74) is 7.52. The van der Waals surface area contributed by atoms with Crippen molar-refractivity contribution in [1.29, 1.82) is 0 Å². The van der Waals surface area contributed by atoms with E-state index in [4.69, 9.17) is 10.5 Å². The van der Waals surface area contributed by atoms with Gasteiger partial charge in [-0.2, -0.15) is 0 Å². The smallest absolute Gasteiger partial charge is 0.267 e. The Morgan fingerprint density at radius 3 is 2.48 bits per heavy atom. The van der Waals surface area contributed by atoms with E-state index in [2.05, 4.69) is 23.7 Å². The molecule has 0 fully saturated rings. The van der Waals surface area contributed by atoms with Gasteiger partial charge in [0, 0.05) is 18.7 Å². The molecular weight excluding hydrogens is 290 g/mol. The summed E-state index contributed by atoms with van der Waals surface area (Å²) in [6, 6.07) is 11.4. The molecule has 0 bridgehead atoms. The molecule has 2 aromatic rings. The number of benzene rings is 1. The molecule has 0 aliphatic heterocycles. The lowest BCUT2D eigenvalue weighted by molar-refractivity contribution is 0.0995. The third kappa shape index (κ3) is 3.80. The van der Waals surface area contributed by atoms with Crippen molar-refractivity contribution in [3.8, 4) is 16.9 Å². The Morgan fingerprint density at radius 2 is 1.87 bits per heavy atom. The highest BCUT2D eigenvalue weighted by molar-refractivity contribution is 5.93. The van der Waals surface area contributed by atoms with Crippen molar-refractivity contribution in [2.45, 2.75) is 20.8 Å². The summed E-state index contributed by atoms with van der Waals surface area (Å²) >= 11 is 0. The minimum atomic E-state index is -0.533. The summed E-state index contributed by atoms with van der Waals surface area (Å²) < 4.78 is 5.69. The van der Waals surface area contributed by atoms with E-state index in [1.165, 1.54) is 0 Å². The zero-order chi connectivity index (χ0) is 16.8. The Hall–Kier alpha value is -2.56. The average molecular weight is 313 g/mol. The lowest BCUT2D eigenvalue weighted by Gasteiger charge is -2.21.